The molecule has 1 saturated heterocycles. The summed E-state index contributed by atoms with van der Waals surface area (Å²) in [7, 11) is 0. The molecule has 0 aliphatic carbocycles. The number of nitrogens with two attached hydrogens (primary N) is 1. The molecule has 1 aromatic rings. The topological polar surface area (TPSA) is 46.3 Å². The van der Waals surface area contributed by atoms with E-state index in [0.717, 1.165) is 31.4 Å². The number of rotatable bonds is 3. The number of likely N-dealkylation sites (tertiary alicyclic amines) is 1. The fraction of sp³-hybridized carbons (Fsp3) is 0.462. The van der Waals surface area contributed by atoms with Crippen LogP contribution in [-0.2, 0) is 11.3 Å². The molecule has 2 rings (SSSR count). The van der Waals surface area contributed by atoms with E-state index in [0.29, 0.717) is 6.54 Å². The minimum absolute atomic E-state index is 0.115. The molecule has 0 radical (unpaired) electrons. The number of benzene rings is 1. The molecule has 0 spiro atoms. The molecule has 1 atom stereocenters. The van der Waals surface area contributed by atoms with Crippen molar-refractivity contribution in [2.45, 2.75) is 31.8 Å². The van der Waals surface area contributed by atoms with E-state index in [1.54, 1.807) is 6.07 Å². The second kappa shape index (κ2) is 5.67. The van der Waals surface area contributed by atoms with Gasteiger partial charge in [-0.3, -0.25) is 9.69 Å². The van der Waals surface area contributed by atoms with Crippen LogP contribution in [0.1, 0.15) is 24.8 Å². The van der Waals surface area contributed by atoms with Gasteiger partial charge in [-0.25, -0.2) is 4.39 Å². The molecule has 0 aromatic heterocycles. The Bertz CT molecular complexity index is 453. The van der Waals surface area contributed by atoms with Crippen molar-refractivity contribution in [1.29, 1.82) is 0 Å². The van der Waals surface area contributed by atoms with E-state index in [9.17, 15) is 9.18 Å². The average molecular weight is 271 g/mol. The zero-order chi connectivity index (χ0) is 13.1. The Hall–Kier alpha value is -1.13. The Balaban J connectivity index is 2.10. The SMILES string of the molecule is NC(=O)[C@@H]1CCCCN1Cc1ccc(Cl)c(F)c1. The summed E-state index contributed by atoms with van der Waals surface area (Å²) in [5.74, 6) is -0.731. The standard InChI is InChI=1S/C13H16ClFN2O/c14-10-5-4-9(7-11(10)15)8-17-6-2-1-3-12(17)13(16)18/h4-5,7,12H,1-3,6,8H2,(H2,16,18)/t12-/m0/s1. The van der Waals surface area contributed by atoms with Crippen molar-refractivity contribution in [1.82, 2.24) is 4.90 Å². The van der Waals surface area contributed by atoms with E-state index in [1.165, 1.54) is 12.1 Å². The van der Waals surface area contributed by atoms with Crippen molar-refractivity contribution in [3.63, 3.8) is 0 Å². The highest BCUT2D eigenvalue weighted by Crippen LogP contribution is 2.21. The predicted octanol–water partition coefficient (Wildman–Crippen LogP) is 2.32. The Labute approximate surface area is 111 Å². The summed E-state index contributed by atoms with van der Waals surface area (Å²) in [5, 5.41) is 0.115. The highest BCUT2D eigenvalue weighted by Gasteiger charge is 2.26. The van der Waals surface area contributed by atoms with Crippen LogP contribution < -0.4 is 5.73 Å². The summed E-state index contributed by atoms with van der Waals surface area (Å²) in [4.78, 5) is 13.4. The van der Waals surface area contributed by atoms with Gasteiger partial charge < -0.3 is 5.73 Å². The van der Waals surface area contributed by atoms with E-state index in [4.69, 9.17) is 17.3 Å². The maximum absolute atomic E-state index is 13.3. The molecule has 1 fully saturated rings. The van der Waals surface area contributed by atoms with Gasteiger partial charge in [0.25, 0.3) is 0 Å². The van der Waals surface area contributed by atoms with E-state index >= 15 is 0 Å². The van der Waals surface area contributed by atoms with Gasteiger partial charge in [0, 0.05) is 6.54 Å². The van der Waals surface area contributed by atoms with Crippen LogP contribution in [0.3, 0.4) is 0 Å². The van der Waals surface area contributed by atoms with E-state index in [-0.39, 0.29) is 17.0 Å². The molecule has 0 unspecified atom stereocenters. The lowest BCUT2D eigenvalue weighted by molar-refractivity contribution is -0.124. The first-order valence-electron chi connectivity index (χ1n) is 6.05. The summed E-state index contributed by atoms with van der Waals surface area (Å²) in [6.07, 6.45) is 2.84. The molecule has 0 bridgehead atoms. The number of primary amides is 1. The van der Waals surface area contributed by atoms with Crippen molar-refractivity contribution in [3.8, 4) is 0 Å². The molecule has 18 heavy (non-hydrogen) atoms. The molecular formula is C13H16ClFN2O. The molecule has 1 heterocycles. The van der Waals surface area contributed by atoms with Gasteiger partial charge in [-0.2, -0.15) is 0 Å². The summed E-state index contributed by atoms with van der Waals surface area (Å²) in [6.45, 7) is 1.35. The number of halogens is 2. The quantitative estimate of drug-likeness (QED) is 0.916. The van der Waals surface area contributed by atoms with E-state index in [1.807, 2.05) is 4.90 Å². The molecule has 1 aromatic carbocycles. The van der Waals surface area contributed by atoms with Gasteiger partial charge in [-0.05, 0) is 37.1 Å². The van der Waals surface area contributed by atoms with Gasteiger partial charge >= 0.3 is 0 Å². The number of nitrogens with zero attached hydrogens (tertiary/aromatic N) is 1. The van der Waals surface area contributed by atoms with Crippen molar-refractivity contribution in [2.75, 3.05) is 6.54 Å². The van der Waals surface area contributed by atoms with Crippen LogP contribution in [0.2, 0.25) is 5.02 Å². The zero-order valence-corrected chi connectivity index (χ0v) is 10.8. The summed E-state index contributed by atoms with van der Waals surface area (Å²) < 4.78 is 13.3. The summed E-state index contributed by atoms with van der Waals surface area (Å²) >= 11 is 5.64. The van der Waals surface area contributed by atoms with Crippen LogP contribution in [-0.4, -0.2) is 23.4 Å². The molecule has 1 amide bonds. The lowest BCUT2D eigenvalue weighted by atomic mass is 10.0. The average Bonchev–Trinajstić information content (AvgIpc) is 2.34. The summed E-state index contributed by atoms with van der Waals surface area (Å²) in [6, 6.07) is 4.49. The number of piperidine rings is 1. The van der Waals surface area contributed by atoms with E-state index < -0.39 is 5.82 Å². The molecular weight excluding hydrogens is 255 g/mol. The second-order valence-electron chi connectivity index (χ2n) is 4.63. The van der Waals surface area contributed by atoms with Gasteiger partial charge in [0.15, 0.2) is 0 Å². The maximum Gasteiger partial charge on any atom is 0.234 e. The first-order chi connectivity index (χ1) is 8.58. The normalized spacial score (nSPS) is 20.9. The molecule has 5 heteroatoms. The van der Waals surface area contributed by atoms with Gasteiger partial charge in [0.2, 0.25) is 5.91 Å². The highest BCUT2D eigenvalue weighted by molar-refractivity contribution is 6.30. The minimum atomic E-state index is -0.429. The Morgan fingerprint density at radius 2 is 2.28 bits per heavy atom. The van der Waals surface area contributed by atoms with Crippen LogP contribution >= 0.6 is 11.6 Å². The lowest BCUT2D eigenvalue weighted by Gasteiger charge is -2.33. The Morgan fingerprint density at radius 1 is 1.50 bits per heavy atom. The number of amides is 1. The third-order valence-electron chi connectivity index (χ3n) is 3.31. The van der Waals surface area contributed by atoms with Crippen molar-refractivity contribution >= 4 is 17.5 Å². The van der Waals surface area contributed by atoms with Crippen molar-refractivity contribution in [3.05, 3.63) is 34.6 Å². The third-order valence-corrected chi connectivity index (χ3v) is 3.62. The second-order valence-corrected chi connectivity index (χ2v) is 5.04. The maximum atomic E-state index is 13.3. The van der Waals surface area contributed by atoms with Crippen LogP contribution in [0.25, 0.3) is 0 Å². The first-order valence-corrected chi connectivity index (χ1v) is 6.43. The minimum Gasteiger partial charge on any atom is -0.368 e. The molecule has 98 valence electrons. The van der Waals surface area contributed by atoms with E-state index in [2.05, 4.69) is 0 Å². The van der Waals surface area contributed by atoms with Crippen LogP contribution in [0.15, 0.2) is 18.2 Å². The van der Waals surface area contributed by atoms with Crippen LogP contribution in [0.5, 0.6) is 0 Å². The molecule has 0 saturated carbocycles. The van der Waals surface area contributed by atoms with Crippen LogP contribution in [0, 0.1) is 5.82 Å². The van der Waals surface area contributed by atoms with Crippen molar-refractivity contribution < 1.29 is 9.18 Å². The molecule has 1 aliphatic rings. The fourth-order valence-electron chi connectivity index (χ4n) is 2.37. The highest BCUT2D eigenvalue weighted by atomic mass is 35.5. The smallest absolute Gasteiger partial charge is 0.234 e. The lowest BCUT2D eigenvalue weighted by Crippen LogP contribution is -2.47. The Morgan fingerprint density at radius 3 is 2.94 bits per heavy atom. The molecule has 3 nitrogen and oxygen atoms in total. The summed E-state index contributed by atoms with van der Waals surface area (Å²) in [5.41, 5.74) is 6.20. The molecule has 2 N–H and O–H groups in total. The van der Waals surface area contributed by atoms with Gasteiger partial charge in [0.05, 0.1) is 11.1 Å². The van der Waals surface area contributed by atoms with Crippen molar-refractivity contribution in [2.24, 2.45) is 5.73 Å². The zero-order valence-electron chi connectivity index (χ0n) is 10.0. The number of carbonyl (C=O) groups is 1. The van der Waals surface area contributed by atoms with Gasteiger partial charge in [0.1, 0.15) is 5.82 Å². The Kier molecular flexibility index (Phi) is 4.19. The molecule has 1 aliphatic heterocycles. The van der Waals surface area contributed by atoms with Crippen LogP contribution in [0.4, 0.5) is 4.39 Å². The predicted molar refractivity (Wildman–Crippen MR) is 68.7 cm³/mol. The first kappa shape index (κ1) is 13.3. The largest absolute Gasteiger partial charge is 0.368 e. The van der Waals surface area contributed by atoms with Gasteiger partial charge in [-0.15, -0.1) is 0 Å². The number of hydrogen-bond donors (Lipinski definition) is 1. The number of carbonyl (C=O) groups excluding carboxylic acids is 1. The number of hydrogen-bond acceptors (Lipinski definition) is 2. The fourth-order valence-corrected chi connectivity index (χ4v) is 2.49. The van der Waals surface area contributed by atoms with Gasteiger partial charge in [-0.1, -0.05) is 24.1 Å². The third kappa shape index (κ3) is 3.00. The monoisotopic (exact) mass is 270 g/mol.